The molecule has 1 heterocycles. The van der Waals surface area contributed by atoms with Gasteiger partial charge in [-0.05, 0) is 18.3 Å². The molecule has 0 unspecified atom stereocenters. The highest BCUT2D eigenvalue weighted by atomic mass is 32.1. The SMILES string of the molecule is O=[N+]([O-])c1ccccc1/C=N\NC(=S)NCCC[NH+]1CCOCC1. The Labute approximate surface area is 146 Å². The number of nitrogens with one attached hydrogen (secondary N) is 3. The number of hydrogen-bond acceptors (Lipinski definition) is 5. The fourth-order valence-corrected chi connectivity index (χ4v) is 2.57. The molecule has 1 aliphatic rings. The van der Waals surface area contributed by atoms with Crippen molar-refractivity contribution >= 4 is 29.2 Å². The van der Waals surface area contributed by atoms with Crippen molar-refractivity contribution in [2.24, 2.45) is 5.10 Å². The van der Waals surface area contributed by atoms with Crippen LogP contribution in [0.4, 0.5) is 5.69 Å². The number of ether oxygens (including phenoxy) is 1. The van der Waals surface area contributed by atoms with E-state index in [-0.39, 0.29) is 5.69 Å². The van der Waals surface area contributed by atoms with Crippen molar-refractivity contribution in [2.75, 3.05) is 39.4 Å². The number of rotatable bonds is 7. The Kier molecular flexibility index (Phi) is 7.53. The van der Waals surface area contributed by atoms with Gasteiger partial charge in [0.1, 0.15) is 13.1 Å². The second-order valence-electron chi connectivity index (χ2n) is 5.41. The number of nitro benzene ring substituents is 1. The van der Waals surface area contributed by atoms with Crippen molar-refractivity contribution in [3.63, 3.8) is 0 Å². The lowest BCUT2D eigenvalue weighted by Crippen LogP contribution is -3.14. The Hall–Kier alpha value is -2.10. The molecule has 130 valence electrons. The van der Waals surface area contributed by atoms with Crippen LogP contribution in [0.15, 0.2) is 29.4 Å². The summed E-state index contributed by atoms with van der Waals surface area (Å²) >= 11 is 5.13. The van der Waals surface area contributed by atoms with Gasteiger partial charge in [0.15, 0.2) is 5.11 Å². The van der Waals surface area contributed by atoms with E-state index >= 15 is 0 Å². The number of hydrogen-bond donors (Lipinski definition) is 3. The van der Waals surface area contributed by atoms with E-state index in [0.717, 1.165) is 45.8 Å². The second-order valence-corrected chi connectivity index (χ2v) is 5.82. The lowest BCUT2D eigenvalue weighted by atomic mass is 10.2. The van der Waals surface area contributed by atoms with Crippen LogP contribution in [0.2, 0.25) is 0 Å². The summed E-state index contributed by atoms with van der Waals surface area (Å²) in [6.45, 7) is 5.63. The third kappa shape index (κ3) is 6.19. The minimum absolute atomic E-state index is 0.00964. The number of para-hydroxylation sites is 1. The first kappa shape index (κ1) is 18.2. The molecule has 9 heteroatoms. The molecule has 1 fully saturated rings. The van der Waals surface area contributed by atoms with Crippen molar-refractivity contribution in [3.8, 4) is 0 Å². The van der Waals surface area contributed by atoms with Crippen molar-refractivity contribution < 1.29 is 14.6 Å². The molecule has 24 heavy (non-hydrogen) atoms. The molecular formula is C15H22N5O3S+. The Morgan fingerprint density at radius 1 is 1.42 bits per heavy atom. The van der Waals surface area contributed by atoms with Crippen molar-refractivity contribution in [1.82, 2.24) is 10.7 Å². The van der Waals surface area contributed by atoms with Gasteiger partial charge in [-0.15, -0.1) is 0 Å². The Morgan fingerprint density at radius 3 is 2.92 bits per heavy atom. The van der Waals surface area contributed by atoms with Gasteiger partial charge in [-0.1, -0.05) is 12.1 Å². The van der Waals surface area contributed by atoms with Crippen LogP contribution in [0.25, 0.3) is 0 Å². The maximum Gasteiger partial charge on any atom is 0.278 e. The van der Waals surface area contributed by atoms with Crippen LogP contribution in [0, 0.1) is 10.1 Å². The van der Waals surface area contributed by atoms with Crippen molar-refractivity contribution in [3.05, 3.63) is 39.9 Å². The van der Waals surface area contributed by atoms with Gasteiger partial charge in [0.05, 0.1) is 36.5 Å². The van der Waals surface area contributed by atoms with E-state index in [1.165, 1.54) is 12.3 Å². The first-order valence-electron chi connectivity index (χ1n) is 7.88. The number of thiocarbonyl (C=S) groups is 1. The van der Waals surface area contributed by atoms with Gasteiger partial charge in [-0.2, -0.15) is 5.10 Å². The summed E-state index contributed by atoms with van der Waals surface area (Å²) in [5.74, 6) is 0. The predicted octanol–water partition coefficient (Wildman–Crippen LogP) is -0.302. The van der Waals surface area contributed by atoms with Crippen LogP contribution in [0.3, 0.4) is 0 Å². The highest BCUT2D eigenvalue weighted by Gasteiger charge is 2.12. The fourth-order valence-electron chi connectivity index (χ4n) is 2.41. The van der Waals surface area contributed by atoms with Gasteiger partial charge in [-0.25, -0.2) is 0 Å². The van der Waals surface area contributed by atoms with Gasteiger partial charge in [-0.3, -0.25) is 15.5 Å². The van der Waals surface area contributed by atoms with E-state index in [1.54, 1.807) is 23.1 Å². The molecule has 3 N–H and O–H groups in total. The molecule has 0 radical (unpaired) electrons. The van der Waals surface area contributed by atoms with E-state index in [0.29, 0.717) is 10.7 Å². The minimum Gasteiger partial charge on any atom is -0.370 e. The molecular weight excluding hydrogens is 330 g/mol. The van der Waals surface area contributed by atoms with Gasteiger partial charge in [0.2, 0.25) is 0 Å². The summed E-state index contributed by atoms with van der Waals surface area (Å²) < 4.78 is 5.32. The molecule has 8 nitrogen and oxygen atoms in total. The van der Waals surface area contributed by atoms with Gasteiger partial charge in [0, 0.05) is 19.0 Å². The fraction of sp³-hybridized carbons (Fsp3) is 0.467. The summed E-state index contributed by atoms with van der Waals surface area (Å²) in [6, 6.07) is 6.40. The standard InChI is InChI=1S/C15H21N5O3S/c21-20(22)14-5-2-1-4-13(14)12-17-18-15(24)16-6-3-7-19-8-10-23-11-9-19/h1-2,4-5,12H,3,6-11H2,(H2,16,18,24)/p+1/b17-12-. The predicted molar refractivity (Wildman–Crippen MR) is 95.4 cm³/mol. The smallest absolute Gasteiger partial charge is 0.278 e. The number of morpholine rings is 1. The topological polar surface area (TPSA) is 93.2 Å². The molecule has 1 aliphatic heterocycles. The summed E-state index contributed by atoms with van der Waals surface area (Å²) in [5.41, 5.74) is 3.11. The number of hydrazone groups is 1. The van der Waals surface area contributed by atoms with Crippen LogP contribution in [0.5, 0.6) is 0 Å². The molecule has 0 aliphatic carbocycles. The number of quaternary nitrogens is 1. The molecule has 0 bridgehead atoms. The van der Waals surface area contributed by atoms with Crippen LogP contribution in [-0.4, -0.2) is 55.6 Å². The van der Waals surface area contributed by atoms with E-state index in [4.69, 9.17) is 17.0 Å². The van der Waals surface area contributed by atoms with E-state index < -0.39 is 4.92 Å². The van der Waals surface area contributed by atoms with E-state index in [9.17, 15) is 10.1 Å². The van der Waals surface area contributed by atoms with E-state index in [1.807, 2.05) is 0 Å². The van der Waals surface area contributed by atoms with E-state index in [2.05, 4.69) is 15.8 Å². The quantitative estimate of drug-likeness (QED) is 0.205. The molecule has 1 saturated heterocycles. The maximum atomic E-state index is 10.9. The molecule has 1 aromatic carbocycles. The second kappa shape index (κ2) is 9.91. The molecule has 2 rings (SSSR count). The third-order valence-electron chi connectivity index (χ3n) is 3.70. The lowest BCUT2D eigenvalue weighted by molar-refractivity contribution is -0.908. The maximum absolute atomic E-state index is 10.9. The largest absolute Gasteiger partial charge is 0.370 e. The number of nitro groups is 1. The van der Waals surface area contributed by atoms with Gasteiger partial charge in [0.25, 0.3) is 5.69 Å². The Balaban J connectivity index is 1.66. The summed E-state index contributed by atoms with van der Waals surface area (Å²) in [4.78, 5) is 12.0. The van der Waals surface area contributed by atoms with Crippen LogP contribution < -0.4 is 15.6 Å². The molecule has 0 aromatic heterocycles. The first-order chi connectivity index (χ1) is 11.7. The number of benzene rings is 1. The third-order valence-corrected chi connectivity index (χ3v) is 3.93. The summed E-state index contributed by atoms with van der Waals surface area (Å²) in [6.07, 6.45) is 2.40. The zero-order chi connectivity index (χ0) is 17.2. The van der Waals surface area contributed by atoms with Crippen LogP contribution in [0.1, 0.15) is 12.0 Å². The van der Waals surface area contributed by atoms with Gasteiger partial charge >= 0.3 is 0 Å². The molecule has 1 aromatic rings. The molecule has 0 spiro atoms. The highest BCUT2D eigenvalue weighted by molar-refractivity contribution is 7.80. The lowest BCUT2D eigenvalue weighted by Gasteiger charge is -2.23. The minimum atomic E-state index is -0.439. The van der Waals surface area contributed by atoms with Crippen LogP contribution in [-0.2, 0) is 4.74 Å². The average Bonchev–Trinajstić information content (AvgIpc) is 2.60. The summed E-state index contributed by atoms with van der Waals surface area (Å²) in [5, 5.41) is 18.3. The molecule has 0 amide bonds. The Morgan fingerprint density at radius 2 is 2.17 bits per heavy atom. The van der Waals surface area contributed by atoms with Crippen LogP contribution >= 0.6 is 12.2 Å². The molecule has 0 atom stereocenters. The molecule has 0 saturated carbocycles. The van der Waals surface area contributed by atoms with Crippen molar-refractivity contribution in [1.29, 1.82) is 0 Å². The zero-order valence-electron chi connectivity index (χ0n) is 13.4. The van der Waals surface area contributed by atoms with Crippen molar-refractivity contribution in [2.45, 2.75) is 6.42 Å². The highest BCUT2D eigenvalue weighted by Crippen LogP contribution is 2.14. The number of nitrogens with zero attached hydrogens (tertiary/aromatic N) is 2. The monoisotopic (exact) mass is 352 g/mol. The van der Waals surface area contributed by atoms with Gasteiger partial charge < -0.3 is 15.0 Å². The normalized spacial score (nSPS) is 15.3. The first-order valence-corrected chi connectivity index (χ1v) is 8.29. The zero-order valence-corrected chi connectivity index (χ0v) is 14.2. The summed E-state index contributed by atoms with van der Waals surface area (Å²) in [7, 11) is 0. The Bertz CT molecular complexity index is 590. The average molecular weight is 352 g/mol.